The molecule has 1 amide bonds. The molecule has 1 aromatic heterocycles. The number of hydrogen-bond acceptors (Lipinski definition) is 5. The van der Waals surface area contributed by atoms with Gasteiger partial charge in [-0.2, -0.15) is 0 Å². The van der Waals surface area contributed by atoms with E-state index < -0.39 is 16.8 Å². The van der Waals surface area contributed by atoms with Crippen LogP contribution in [0.3, 0.4) is 0 Å². The van der Waals surface area contributed by atoms with E-state index >= 15 is 0 Å². The second-order valence-electron chi connectivity index (χ2n) is 5.43. The summed E-state index contributed by atoms with van der Waals surface area (Å²) >= 11 is 0. The molecular formula is C17H19N3O4. The second kappa shape index (κ2) is 7.54. The number of nitrogens with zero attached hydrogens (tertiary/aromatic N) is 2. The summed E-state index contributed by atoms with van der Waals surface area (Å²) in [5, 5.41) is 13.9. The Morgan fingerprint density at radius 1 is 1.21 bits per heavy atom. The van der Waals surface area contributed by atoms with Gasteiger partial charge in [0.15, 0.2) is 6.10 Å². The number of nitro groups is 1. The fourth-order valence-electron chi connectivity index (χ4n) is 2.15. The summed E-state index contributed by atoms with van der Waals surface area (Å²) in [6.45, 7) is 5.04. The molecule has 2 aromatic rings. The Morgan fingerprint density at radius 2 is 1.88 bits per heavy atom. The standard InChI is InChI=1S/C17H19N3O4/c1-11-9-10-15(16(18-11)20(22)23)24-13(3)17(21)19-12(2)14-7-5-4-6-8-14/h4-10,12-13H,1-3H3,(H,19,21)/t12-,13-/m0/s1. The third kappa shape index (κ3) is 4.28. The molecule has 126 valence electrons. The van der Waals surface area contributed by atoms with Crippen molar-refractivity contribution in [2.75, 3.05) is 0 Å². The van der Waals surface area contributed by atoms with Crippen LogP contribution in [0.15, 0.2) is 42.5 Å². The molecule has 1 N–H and O–H groups in total. The van der Waals surface area contributed by atoms with Crippen LogP contribution in [0, 0.1) is 17.0 Å². The molecule has 0 fully saturated rings. The van der Waals surface area contributed by atoms with E-state index in [1.54, 1.807) is 13.0 Å². The Labute approximate surface area is 139 Å². The van der Waals surface area contributed by atoms with E-state index in [1.165, 1.54) is 13.0 Å². The van der Waals surface area contributed by atoms with Gasteiger partial charge in [0.05, 0.1) is 6.04 Å². The molecule has 0 unspecified atom stereocenters. The summed E-state index contributed by atoms with van der Waals surface area (Å²) in [5.74, 6) is -0.785. The molecule has 2 rings (SSSR count). The molecule has 7 heteroatoms. The summed E-state index contributed by atoms with van der Waals surface area (Å²) in [6, 6.07) is 12.3. The van der Waals surface area contributed by atoms with Crippen LogP contribution >= 0.6 is 0 Å². The zero-order valence-electron chi connectivity index (χ0n) is 13.7. The van der Waals surface area contributed by atoms with Crippen molar-refractivity contribution in [1.29, 1.82) is 0 Å². The van der Waals surface area contributed by atoms with Crippen molar-refractivity contribution in [1.82, 2.24) is 10.3 Å². The van der Waals surface area contributed by atoms with Gasteiger partial charge in [0.2, 0.25) is 5.75 Å². The van der Waals surface area contributed by atoms with Crippen LogP contribution in [-0.4, -0.2) is 21.9 Å². The van der Waals surface area contributed by atoms with Crippen molar-refractivity contribution >= 4 is 11.7 Å². The first-order valence-corrected chi connectivity index (χ1v) is 7.52. The zero-order chi connectivity index (χ0) is 17.7. The summed E-state index contributed by atoms with van der Waals surface area (Å²) < 4.78 is 5.44. The first kappa shape index (κ1) is 17.4. The zero-order valence-corrected chi connectivity index (χ0v) is 13.7. The average Bonchev–Trinajstić information content (AvgIpc) is 2.56. The summed E-state index contributed by atoms with van der Waals surface area (Å²) in [6.07, 6.45) is -0.889. The molecule has 1 heterocycles. The van der Waals surface area contributed by atoms with Gasteiger partial charge in [-0.05, 0) is 41.5 Å². The van der Waals surface area contributed by atoms with Gasteiger partial charge in [-0.1, -0.05) is 30.3 Å². The molecule has 0 aliphatic carbocycles. The molecule has 0 radical (unpaired) electrons. The van der Waals surface area contributed by atoms with Crippen LogP contribution in [-0.2, 0) is 4.79 Å². The maximum Gasteiger partial charge on any atom is 0.406 e. The predicted octanol–water partition coefficient (Wildman–Crippen LogP) is 2.94. The molecule has 1 aromatic carbocycles. The van der Waals surface area contributed by atoms with Gasteiger partial charge in [-0.25, -0.2) is 0 Å². The Hall–Kier alpha value is -2.96. The van der Waals surface area contributed by atoms with Gasteiger partial charge >= 0.3 is 5.82 Å². The van der Waals surface area contributed by atoms with E-state index in [4.69, 9.17) is 4.74 Å². The Morgan fingerprint density at radius 3 is 2.50 bits per heavy atom. The summed E-state index contributed by atoms with van der Waals surface area (Å²) in [4.78, 5) is 26.5. The third-order valence-electron chi connectivity index (χ3n) is 3.48. The van der Waals surface area contributed by atoms with Crippen LogP contribution in [0.4, 0.5) is 5.82 Å². The van der Waals surface area contributed by atoms with E-state index in [0.717, 1.165) is 5.56 Å². The van der Waals surface area contributed by atoms with Crippen molar-refractivity contribution in [3.05, 3.63) is 63.8 Å². The van der Waals surface area contributed by atoms with Crippen LogP contribution < -0.4 is 10.1 Å². The Balaban J connectivity index is 2.06. The van der Waals surface area contributed by atoms with E-state index in [-0.39, 0.29) is 17.7 Å². The number of aromatic nitrogens is 1. The monoisotopic (exact) mass is 329 g/mol. The molecule has 0 aliphatic heterocycles. The Kier molecular flexibility index (Phi) is 5.47. The first-order valence-electron chi connectivity index (χ1n) is 7.52. The number of amides is 1. The molecule has 0 saturated carbocycles. The van der Waals surface area contributed by atoms with Crippen LogP contribution in [0.2, 0.25) is 0 Å². The first-order chi connectivity index (χ1) is 11.4. The van der Waals surface area contributed by atoms with Gasteiger partial charge in [-0.3, -0.25) is 4.79 Å². The number of hydrogen-bond donors (Lipinski definition) is 1. The fraction of sp³-hybridized carbons (Fsp3) is 0.294. The fourth-order valence-corrected chi connectivity index (χ4v) is 2.15. The van der Waals surface area contributed by atoms with Crippen LogP contribution in [0.25, 0.3) is 0 Å². The topological polar surface area (TPSA) is 94.4 Å². The average molecular weight is 329 g/mol. The molecule has 2 atom stereocenters. The maximum atomic E-state index is 12.3. The number of aryl methyl sites for hydroxylation is 1. The van der Waals surface area contributed by atoms with E-state index in [9.17, 15) is 14.9 Å². The highest BCUT2D eigenvalue weighted by atomic mass is 16.6. The molecule has 0 spiro atoms. The lowest BCUT2D eigenvalue weighted by molar-refractivity contribution is -0.390. The molecular weight excluding hydrogens is 310 g/mol. The third-order valence-corrected chi connectivity index (χ3v) is 3.48. The molecule has 0 aliphatic rings. The SMILES string of the molecule is Cc1ccc(O[C@@H](C)C(=O)N[C@@H](C)c2ccccc2)c([N+](=O)[O-])n1. The smallest absolute Gasteiger partial charge is 0.406 e. The number of nitrogens with one attached hydrogen (secondary N) is 1. The predicted molar refractivity (Wildman–Crippen MR) is 88.7 cm³/mol. The van der Waals surface area contributed by atoms with Gasteiger partial charge in [-0.15, -0.1) is 0 Å². The lowest BCUT2D eigenvalue weighted by atomic mass is 10.1. The van der Waals surface area contributed by atoms with E-state index in [1.807, 2.05) is 37.3 Å². The van der Waals surface area contributed by atoms with E-state index in [2.05, 4.69) is 10.3 Å². The van der Waals surface area contributed by atoms with E-state index in [0.29, 0.717) is 5.69 Å². The minimum absolute atomic E-state index is 0.0272. The van der Waals surface area contributed by atoms with Gasteiger partial charge in [0.25, 0.3) is 5.91 Å². The van der Waals surface area contributed by atoms with Gasteiger partial charge < -0.3 is 20.2 Å². The van der Waals surface area contributed by atoms with Crippen LogP contribution in [0.5, 0.6) is 5.75 Å². The Bertz CT molecular complexity index is 734. The number of pyridine rings is 1. The van der Waals surface area contributed by atoms with Crippen molar-refractivity contribution in [3.63, 3.8) is 0 Å². The number of ether oxygens (including phenoxy) is 1. The minimum atomic E-state index is -0.889. The van der Waals surface area contributed by atoms with Crippen molar-refractivity contribution < 1.29 is 14.5 Å². The normalized spacial score (nSPS) is 13.0. The quantitative estimate of drug-likeness (QED) is 0.649. The maximum absolute atomic E-state index is 12.3. The molecule has 0 saturated heterocycles. The summed E-state index contributed by atoms with van der Waals surface area (Å²) in [5.41, 5.74) is 1.46. The highest BCUT2D eigenvalue weighted by molar-refractivity contribution is 5.81. The highest BCUT2D eigenvalue weighted by Gasteiger charge is 2.23. The van der Waals surface area contributed by atoms with Gasteiger partial charge in [0, 0.05) is 6.92 Å². The number of carbonyl (C=O) groups excluding carboxylic acids is 1. The number of benzene rings is 1. The van der Waals surface area contributed by atoms with Crippen molar-refractivity contribution in [3.8, 4) is 5.75 Å². The number of rotatable bonds is 6. The largest absolute Gasteiger partial charge is 0.473 e. The van der Waals surface area contributed by atoms with Crippen LogP contribution in [0.1, 0.15) is 31.1 Å². The highest BCUT2D eigenvalue weighted by Crippen LogP contribution is 2.25. The molecule has 24 heavy (non-hydrogen) atoms. The number of carbonyl (C=O) groups is 1. The summed E-state index contributed by atoms with van der Waals surface area (Å²) in [7, 11) is 0. The molecule has 7 nitrogen and oxygen atoms in total. The lowest BCUT2D eigenvalue weighted by Gasteiger charge is -2.18. The lowest BCUT2D eigenvalue weighted by Crippen LogP contribution is -2.37. The minimum Gasteiger partial charge on any atom is -0.473 e. The second-order valence-corrected chi connectivity index (χ2v) is 5.43. The van der Waals surface area contributed by atoms with Gasteiger partial charge in [0.1, 0.15) is 5.69 Å². The molecule has 0 bridgehead atoms. The van der Waals surface area contributed by atoms with Crippen molar-refractivity contribution in [2.45, 2.75) is 32.9 Å². The van der Waals surface area contributed by atoms with Crippen molar-refractivity contribution in [2.24, 2.45) is 0 Å².